The number of aromatic nitrogens is 3. The van der Waals surface area contributed by atoms with Crippen LogP contribution >= 0.6 is 12.2 Å². The minimum absolute atomic E-state index is 0.000320. The number of carbonyl (C=O) groups excluding carboxylic acids is 2. The molecule has 2 N–H and O–H groups in total. The molecule has 2 amide bonds. The fourth-order valence-corrected chi connectivity index (χ4v) is 3.64. The first-order chi connectivity index (χ1) is 14.1. The molecule has 0 saturated carbocycles. The standard InChI is InChI=1S/C21H30N6O2S/c1-15-5-7-16(8-6-15)19-23-24-20(30)27(19)14-18(29)26-11-9-25(10-12-26)13-17(28)22-21(2,3)4/h5-8H,9-14H2,1-4H3,(H,22,28)(H,24,30). The van der Waals surface area contributed by atoms with Crippen molar-refractivity contribution in [2.24, 2.45) is 0 Å². The Morgan fingerprint density at radius 1 is 1.10 bits per heavy atom. The van der Waals surface area contributed by atoms with Gasteiger partial charge in [0, 0.05) is 37.3 Å². The second-order valence-corrected chi connectivity index (χ2v) is 9.15. The van der Waals surface area contributed by atoms with Crippen LogP contribution < -0.4 is 5.32 Å². The summed E-state index contributed by atoms with van der Waals surface area (Å²) >= 11 is 5.35. The van der Waals surface area contributed by atoms with E-state index in [4.69, 9.17) is 12.2 Å². The van der Waals surface area contributed by atoms with Crippen LogP contribution in [-0.2, 0) is 16.1 Å². The predicted octanol–water partition coefficient (Wildman–Crippen LogP) is 1.98. The Labute approximate surface area is 182 Å². The number of nitrogens with one attached hydrogen (secondary N) is 2. The van der Waals surface area contributed by atoms with Gasteiger partial charge in [-0.15, -0.1) is 0 Å². The number of amides is 2. The topological polar surface area (TPSA) is 86.3 Å². The van der Waals surface area contributed by atoms with Crippen LogP contribution in [0.25, 0.3) is 11.4 Å². The third-order valence-electron chi connectivity index (χ3n) is 4.97. The third kappa shape index (κ3) is 5.76. The van der Waals surface area contributed by atoms with E-state index in [0.29, 0.717) is 43.3 Å². The smallest absolute Gasteiger partial charge is 0.242 e. The van der Waals surface area contributed by atoms with Crippen molar-refractivity contribution in [2.45, 2.75) is 39.8 Å². The van der Waals surface area contributed by atoms with E-state index >= 15 is 0 Å². The summed E-state index contributed by atoms with van der Waals surface area (Å²) in [5, 5.41) is 10.1. The second-order valence-electron chi connectivity index (χ2n) is 8.76. The molecule has 1 aromatic heterocycles. The van der Waals surface area contributed by atoms with Crippen molar-refractivity contribution < 1.29 is 9.59 Å². The number of rotatable bonds is 5. The van der Waals surface area contributed by atoms with Crippen LogP contribution in [0.2, 0.25) is 0 Å². The van der Waals surface area contributed by atoms with Crippen LogP contribution in [0.5, 0.6) is 0 Å². The summed E-state index contributed by atoms with van der Waals surface area (Å²) in [6.45, 7) is 10.9. The number of piperazine rings is 1. The van der Waals surface area contributed by atoms with Gasteiger partial charge in [-0.05, 0) is 39.9 Å². The molecule has 30 heavy (non-hydrogen) atoms. The third-order valence-corrected chi connectivity index (χ3v) is 5.28. The van der Waals surface area contributed by atoms with Crippen LogP contribution in [0.1, 0.15) is 26.3 Å². The Morgan fingerprint density at radius 2 is 1.73 bits per heavy atom. The molecule has 3 rings (SSSR count). The molecule has 1 fully saturated rings. The van der Waals surface area contributed by atoms with Crippen LogP contribution in [0.4, 0.5) is 0 Å². The first-order valence-electron chi connectivity index (χ1n) is 10.2. The van der Waals surface area contributed by atoms with Crippen molar-refractivity contribution >= 4 is 24.0 Å². The highest BCUT2D eigenvalue weighted by molar-refractivity contribution is 7.71. The predicted molar refractivity (Wildman–Crippen MR) is 119 cm³/mol. The molecule has 8 nitrogen and oxygen atoms in total. The molecule has 1 aromatic carbocycles. The van der Waals surface area contributed by atoms with E-state index in [-0.39, 0.29) is 23.9 Å². The average molecular weight is 431 g/mol. The Hall–Kier alpha value is -2.52. The number of carbonyl (C=O) groups is 2. The van der Waals surface area contributed by atoms with Crippen molar-refractivity contribution in [1.29, 1.82) is 0 Å². The van der Waals surface area contributed by atoms with Crippen LogP contribution in [0, 0.1) is 11.7 Å². The van der Waals surface area contributed by atoms with E-state index in [1.165, 1.54) is 0 Å². The normalized spacial score (nSPS) is 15.3. The Balaban J connectivity index is 1.58. The summed E-state index contributed by atoms with van der Waals surface area (Å²) in [7, 11) is 0. The Kier molecular flexibility index (Phi) is 6.72. The van der Waals surface area contributed by atoms with Gasteiger partial charge in [-0.1, -0.05) is 29.8 Å². The lowest BCUT2D eigenvalue weighted by atomic mass is 10.1. The molecule has 1 aliphatic rings. The van der Waals surface area contributed by atoms with Crippen molar-refractivity contribution in [3.63, 3.8) is 0 Å². The van der Waals surface area contributed by atoms with E-state index in [9.17, 15) is 9.59 Å². The molecule has 162 valence electrons. The highest BCUT2D eigenvalue weighted by Gasteiger charge is 2.24. The lowest BCUT2D eigenvalue weighted by Crippen LogP contribution is -2.53. The fourth-order valence-electron chi connectivity index (χ4n) is 3.44. The van der Waals surface area contributed by atoms with Gasteiger partial charge in [-0.3, -0.25) is 24.2 Å². The lowest BCUT2D eigenvalue weighted by Gasteiger charge is -2.35. The monoisotopic (exact) mass is 430 g/mol. The van der Waals surface area contributed by atoms with E-state index in [2.05, 4.69) is 20.4 Å². The maximum Gasteiger partial charge on any atom is 0.242 e. The van der Waals surface area contributed by atoms with Gasteiger partial charge < -0.3 is 10.2 Å². The quantitative estimate of drug-likeness (QED) is 0.709. The number of aryl methyl sites for hydroxylation is 1. The lowest BCUT2D eigenvalue weighted by molar-refractivity contribution is -0.134. The molecule has 0 atom stereocenters. The molecule has 0 spiro atoms. The SMILES string of the molecule is Cc1ccc(-c2n[nH]c(=S)n2CC(=O)N2CCN(CC(=O)NC(C)(C)C)CC2)cc1. The zero-order chi connectivity index (χ0) is 21.9. The van der Waals surface area contributed by atoms with Crippen molar-refractivity contribution in [1.82, 2.24) is 29.9 Å². The molecule has 2 aromatic rings. The van der Waals surface area contributed by atoms with Crippen LogP contribution in [0.15, 0.2) is 24.3 Å². The fraction of sp³-hybridized carbons (Fsp3) is 0.524. The van der Waals surface area contributed by atoms with Gasteiger partial charge in [0.1, 0.15) is 6.54 Å². The van der Waals surface area contributed by atoms with Crippen molar-refractivity contribution in [2.75, 3.05) is 32.7 Å². The van der Waals surface area contributed by atoms with Gasteiger partial charge in [-0.25, -0.2) is 0 Å². The number of nitrogens with zero attached hydrogens (tertiary/aromatic N) is 4. The minimum atomic E-state index is -0.242. The first kappa shape index (κ1) is 22.2. The maximum atomic E-state index is 12.9. The largest absolute Gasteiger partial charge is 0.350 e. The first-order valence-corrected chi connectivity index (χ1v) is 10.6. The van der Waals surface area contributed by atoms with E-state index in [1.807, 2.05) is 56.9 Å². The summed E-state index contributed by atoms with van der Waals surface area (Å²) < 4.78 is 2.17. The molecule has 0 aliphatic carbocycles. The number of aromatic amines is 1. The summed E-state index contributed by atoms with van der Waals surface area (Å²) in [5.41, 5.74) is 1.83. The van der Waals surface area contributed by atoms with Crippen LogP contribution in [-0.4, -0.2) is 74.6 Å². The summed E-state index contributed by atoms with van der Waals surface area (Å²) in [6.07, 6.45) is 0. The van der Waals surface area contributed by atoms with Crippen molar-refractivity contribution in [3.8, 4) is 11.4 Å². The summed E-state index contributed by atoms with van der Waals surface area (Å²) in [6, 6.07) is 7.97. The molecule has 2 heterocycles. The van der Waals surface area contributed by atoms with E-state index in [0.717, 1.165) is 11.1 Å². The van der Waals surface area contributed by atoms with Gasteiger partial charge >= 0.3 is 0 Å². The molecule has 0 bridgehead atoms. The molecule has 9 heteroatoms. The van der Waals surface area contributed by atoms with Gasteiger partial charge in [0.25, 0.3) is 0 Å². The number of hydrogen-bond donors (Lipinski definition) is 2. The Bertz CT molecular complexity index is 949. The van der Waals surface area contributed by atoms with Gasteiger partial charge in [0.15, 0.2) is 10.6 Å². The van der Waals surface area contributed by atoms with Crippen molar-refractivity contribution in [3.05, 3.63) is 34.6 Å². The van der Waals surface area contributed by atoms with Gasteiger partial charge in [0.2, 0.25) is 11.8 Å². The second kappa shape index (κ2) is 9.09. The number of H-pyrrole nitrogens is 1. The highest BCUT2D eigenvalue weighted by Crippen LogP contribution is 2.18. The molecular formula is C21H30N6O2S. The zero-order valence-electron chi connectivity index (χ0n) is 18.1. The van der Waals surface area contributed by atoms with Gasteiger partial charge in [-0.2, -0.15) is 5.10 Å². The maximum absolute atomic E-state index is 12.9. The van der Waals surface area contributed by atoms with E-state index in [1.54, 1.807) is 4.57 Å². The summed E-state index contributed by atoms with van der Waals surface area (Å²) in [4.78, 5) is 28.9. The molecule has 1 saturated heterocycles. The molecule has 0 unspecified atom stereocenters. The molecular weight excluding hydrogens is 400 g/mol. The highest BCUT2D eigenvalue weighted by atomic mass is 32.1. The zero-order valence-corrected chi connectivity index (χ0v) is 18.9. The van der Waals surface area contributed by atoms with Gasteiger partial charge in [0.05, 0.1) is 6.54 Å². The van der Waals surface area contributed by atoms with Crippen LogP contribution in [0.3, 0.4) is 0 Å². The number of hydrogen-bond acceptors (Lipinski definition) is 5. The number of benzene rings is 1. The summed E-state index contributed by atoms with van der Waals surface area (Å²) in [5.74, 6) is 0.667. The van der Waals surface area contributed by atoms with E-state index < -0.39 is 0 Å². The molecule has 0 radical (unpaired) electrons. The minimum Gasteiger partial charge on any atom is -0.350 e. The Morgan fingerprint density at radius 3 is 2.33 bits per heavy atom. The average Bonchev–Trinajstić information content (AvgIpc) is 3.02. The molecule has 1 aliphatic heterocycles.